The van der Waals surface area contributed by atoms with Crippen molar-refractivity contribution >= 4 is 5.69 Å². The van der Waals surface area contributed by atoms with E-state index in [1.807, 2.05) is 0 Å². The SMILES string of the molecule is CCN(CC)Cc1ccccc1NCC1CCC(C)CC1. The molecule has 1 aliphatic carbocycles. The van der Waals surface area contributed by atoms with Gasteiger partial charge in [-0.3, -0.25) is 4.90 Å². The molecule has 0 amide bonds. The van der Waals surface area contributed by atoms with E-state index in [1.165, 1.54) is 36.9 Å². The molecule has 0 unspecified atom stereocenters. The van der Waals surface area contributed by atoms with Crippen LogP contribution in [-0.2, 0) is 6.54 Å². The zero-order valence-electron chi connectivity index (χ0n) is 14.1. The van der Waals surface area contributed by atoms with Crippen LogP contribution in [0.25, 0.3) is 0 Å². The molecule has 0 radical (unpaired) electrons. The Labute approximate surface area is 130 Å². The van der Waals surface area contributed by atoms with E-state index in [2.05, 4.69) is 55.3 Å². The zero-order valence-corrected chi connectivity index (χ0v) is 14.1. The van der Waals surface area contributed by atoms with Crippen molar-refractivity contribution in [3.05, 3.63) is 29.8 Å². The fourth-order valence-electron chi connectivity index (χ4n) is 3.31. The predicted octanol–water partition coefficient (Wildman–Crippen LogP) is 4.77. The summed E-state index contributed by atoms with van der Waals surface area (Å²) < 4.78 is 0. The molecule has 118 valence electrons. The second-order valence-corrected chi connectivity index (χ2v) is 6.63. The number of hydrogen-bond donors (Lipinski definition) is 1. The standard InChI is InChI=1S/C19H32N2/c1-4-21(5-2)15-18-8-6-7-9-19(18)20-14-17-12-10-16(3)11-13-17/h6-9,16-17,20H,4-5,10-15H2,1-3H3. The fourth-order valence-corrected chi connectivity index (χ4v) is 3.31. The summed E-state index contributed by atoms with van der Waals surface area (Å²) in [5, 5.41) is 3.72. The summed E-state index contributed by atoms with van der Waals surface area (Å²) >= 11 is 0. The van der Waals surface area contributed by atoms with Crippen molar-refractivity contribution in [3.63, 3.8) is 0 Å². The molecule has 0 spiro atoms. The molecule has 2 rings (SSSR count). The van der Waals surface area contributed by atoms with E-state index in [0.29, 0.717) is 0 Å². The topological polar surface area (TPSA) is 15.3 Å². The Kier molecular flexibility index (Phi) is 6.56. The number of anilines is 1. The van der Waals surface area contributed by atoms with Crippen LogP contribution >= 0.6 is 0 Å². The zero-order chi connectivity index (χ0) is 15.1. The quantitative estimate of drug-likeness (QED) is 0.777. The van der Waals surface area contributed by atoms with Gasteiger partial charge < -0.3 is 5.32 Å². The normalized spacial score (nSPS) is 22.5. The van der Waals surface area contributed by atoms with Crippen LogP contribution < -0.4 is 5.32 Å². The highest BCUT2D eigenvalue weighted by atomic mass is 15.1. The third-order valence-electron chi connectivity index (χ3n) is 5.02. The average molecular weight is 288 g/mol. The minimum Gasteiger partial charge on any atom is -0.385 e. The van der Waals surface area contributed by atoms with Crippen molar-refractivity contribution in [2.45, 2.75) is 53.0 Å². The summed E-state index contributed by atoms with van der Waals surface area (Å²) in [5.41, 5.74) is 2.77. The lowest BCUT2D eigenvalue weighted by molar-refractivity contribution is 0.295. The minimum atomic E-state index is 0.864. The number of nitrogens with one attached hydrogen (secondary N) is 1. The maximum atomic E-state index is 3.72. The van der Waals surface area contributed by atoms with Gasteiger partial charge in [-0.2, -0.15) is 0 Å². The summed E-state index contributed by atoms with van der Waals surface area (Å²) in [6.07, 6.45) is 5.61. The second kappa shape index (κ2) is 8.43. The van der Waals surface area contributed by atoms with E-state index in [1.54, 1.807) is 0 Å². The average Bonchev–Trinajstić information content (AvgIpc) is 2.53. The first kappa shape index (κ1) is 16.4. The van der Waals surface area contributed by atoms with Crippen LogP contribution in [0.3, 0.4) is 0 Å². The molecule has 0 aromatic heterocycles. The lowest BCUT2D eigenvalue weighted by atomic mass is 9.83. The van der Waals surface area contributed by atoms with Gasteiger partial charge in [-0.1, -0.05) is 51.8 Å². The van der Waals surface area contributed by atoms with Gasteiger partial charge in [-0.25, -0.2) is 0 Å². The summed E-state index contributed by atoms with van der Waals surface area (Å²) in [6.45, 7) is 11.3. The Morgan fingerprint density at radius 2 is 1.71 bits per heavy atom. The summed E-state index contributed by atoms with van der Waals surface area (Å²) in [7, 11) is 0. The fraction of sp³-hybridized carbons (Fsp3) is 0.684. The van der Waals surface area contributed by atoms with Crippen molar-refractivity contribution in [3.8, 4) is 0 Å². The molecule has 0 atom stereocenters. The van der Waals surface area contributed by atoms with Gasteiger partial charge in [0.1, 0.15) is 0 Å². The van der Waals surface area contributed by atoms with E-state index in [9.17, 15) is 0 Å². The van der Waals surface area contributed by atoms with Crippen molar-refractivity contribution in [1.82, 2.24) is 4.90 Å². The molecule has 21 heavy (non-hydrogen) atoms. The molecule has 0 heterocycles. The Morgan fingerprint density at radius 1 is 1.05 bits per heavy atom. The van der Waals surface area contributed by atoms with Crippen LogP contribution in [0, 0.1) is 11.8 Å². The molecule has 0 saturated heterocycles. The Morgan fingerprint density at radius 3 is 2.38 bits per heavy atom. The van der Waals surface area contributed by atoms with E-state index < -0.39 is 0 Å². The van der Waals surface area contributed by atoms with Gasteiger partial charge in [0.25, 0.3) is 0 Å². The Hall–Kier alpha value is -1.02. The van der Waals surface area contributed by atoms with Gasteiger partial charge >= 0.3 is 0 Å². The lowest BCUT2D eigenvalue weighted by Gasteiger charge is -2.27. The van der Waals surface area contributed by atoms with E-state index in [0.717, 1.165) is 38.0 Å². The van der Waals surface area contributed by atoms with Crippen molar-refractivity contribution in [2.75, 3.05) is 25.0 Å². The molecule has 2 heteroatoms. The first-order valence-corrected chi connectivity index (χ1v) is 8.77. The van der Waals surface area contributed by atoms with Crippen LogP contribution in [0.15, 0.2) is 24.3 Å². The Bertz CT molecular complexity index is 404. The first-order valence-electron chi connectivity index (χ1n) is 8.77. The van der Waals surface area contributed by atoms with Crippen molar-refractivity contribution < 1.29 is 0 Å². The molecule has 1 saturated carbocycles. The van der Waals surface area contributed by atoms with Gasteiger partial charge in [0.15, 0.2) is 0 Å². The number of hydrogen-bond acceptors (Lipinski definition) is 2. The third kappa shape index (κ3) is 5.03. The molecule has 1 aromatic carbocycles. The van der Waals surface area contributed by atoms with E-state index in [-0.39, 0.29) is 0 Å². The number of rotatable bonds is 7. The smallest absolute Gasteiger partial charge is 0.0385 e. The second-order valence-electron chi connectivity index (χ2n) is 6.63. The molecule has 1 fully saturated rings. The summed E-state index contributed by atoms with van der Waals surface area (Å²) in [5.74, 6) is 1.80. The van der Waals surface area contributed by atoms with E-state index >= 15 is 0 Å². The summed E-state index contributed by atoms with van der Waals surface area (Å²) in [4.78, 5) is 2.48. The summed E-state index contributed by atoms with van der Waals surface area (Å²) in [6, 6.07) is 8.82. The Balaban J connectivity index is 1.90. The third-order valence-corrected chi connectivity index (χ3v) is 5.02. The lowest BCUT2D eigenvalue weighted by Crippen LogP contribution is -2.24. The van der Waals surface area contributed by atoms with Crippen molar-refractivity contribution in [1.29, 1.82) is 0 Å². The molecule has 1 aromatic rings. The first-order chi connectivity index (χ1) is 10.2. The van der Waals surface area contributed by atoms with Gasteiger partial charge in [0.05, 0.1) is 0 Å². The molecular weight excluding hydrogens is 256 g/mol. The maximum Gasteiger partial charge on any atom is 0.0385 e. The molecule has 1 aliphatic rings. The highest BCUT2D eigenvalue weighted by molar-refractivity contribution is 5.51. The monoisotopic (exact) mass is 288 g/mol. The van der Waals surface area contributed by atoms with Gasteiger partial charge in [0.2, 0.25) is 0 Å². The van der Waals surface area contributed by atoms with Crippen LogP contribution in [0.4, 0.5) is 5.69 Å². The highest BCUT2D eigenvalue weighted by Crippen LogP contribution is 2.29. The molecule has 0 aliphatic heterocycles. The maximum absolute atomic E-state index is 3.72. The highest BCUT2D eigenvalue weighted by Gasteiger charge is 2.18. The van der Waals surface area contributed by atoms with Crippen molar-refractivity contribution in [2.24, 2.45) is 11.8 Å². The number of nitrogens with zero attached hydrogens (tertiary/aromatic N) is 1. The number of benzene rings is 1. The number of para-hydroxylation sites is 1. The van der Waals surface area contributed by atoms with Gasteiger partial charge in [0, 0.05) is 18.8 Å². The predicted molar refractivity (Wildman–Crippen MR) is 92.7 cm³/mol. The molecule has 2 nitrogen and oxygen atoms in total. The van der Waals surface area contributed by atoms with Crippen LogP contribution in [-0.4, -0.2) is 24.5 Å². The minimum absolute atomic E-state index is 0.864. The largest absolute Gasteiger partial charge is 0.385 e. The molecule has 0 bridgehead atoms. The van der Waals surface area contributed by atoms with E-state index in [4.69, 9.17) is 0 Å². The van der Waals surface area contributed by atoms with Gasteiger partial charge in [-0.05, 0) is 49.4 Å². The molecule has 1 N–H and O–H groups in total. The van der Waals surface area contributed by atoms with Crippen LogP contribution in [0.5, 0.6) is 0 Å². The van der Waals surface area contributed by atoms with Crippen LogP contribution in [0.1, 0.15) is 52.0 Å². The molecular formula is C19H32N2. The van der Waals surface area contributed by atoms with Gasteiger partial charge in [-0.15, -0.1) is 0 Å². The van der Waals surface area contributed by atoms with Crippen LogP contribution in [0.2, 0.25) is 0 Å².